The summed E-state index contributed by atoms with van der Waals surface area (Å²) in [6, 6.07) is 13.9. The fourth-order valence-corrected chi connectivity index (χ4v) is 7.74. The third-order valence-corrected chi connectivity index (χ3v) is 9.65. The molecule has 2 aromatic carbocycles. The number of aliphatic hydroxyl groups excluding tert-OH is 1. The van der Waals surface area contributed by atoms with Crippen molar-refractivity contribution in [1.29, 1.82) is 0 Å². The van der Waals surface area contributed by atoms with Crippen LogP contribution in [0.2, 0.25) is 0 Å². The van der Waals surface area contributed by atoms with Gasteiger partial charge in [0.2, 0.25) is 11.8 Å². The summed E-state index contributed by atoms with van der Waals surface area (Å²) in [4.78, 5) is 49.0. The van der Waals surface area contributed by atoms with Gasteiger partial charge in [0, 0.05) is 25.3 Å². The molecule has 2 aromatic rings. The van der Waals surface area contributed by atoms with E-state index in [2.05, 4.69) is 0 Å². The van der Waals surface area contributed by atoms with E-state index in [4.69, 9.17) is 4.74 Å². The Morgan fingerprint density at radius 1 is 0.953 bits per heavy atom. The van der Waals surface area contributed by atoms with Gasteiger partial charge in [-0.05, 0) is 56.4 Å². The van der Waals surface area contributed by atoms with Gasteiger partial charge in [-0.2, -0.15) is 0 Å². The average Bonchev–Trinajstić information content (AvgIpc) is 3.27. The lowest BCUT2D eigenvalue weighted by molar-refractivity contribution is -0.151. The molecule has 2 saturated heterocycles. The maximum atomic E-state index is 14.9. The molecule has 6 atom stereocenters. The SMILES string of the molecule is CCCN1CC=C[C@@]2(C)O[C@]34C=CCN(c5cc(C)ccc5C)C(=O)C3N([C@@H](CO)Cc3ccccc3)C(=O)[C@@H]4[C@H]2C1=O. The standard InChI is InChI=1S/C35H41N3O5/c1-5-17-36-18-9-15-34(4)28(31(36)40)29-32(41)38(26(22-39)21-25-11-7-6-8-12-25)30-33(42)37(19-10-16-35(29,30)43-34)27-20-23(2)13-14-24(27)3/h6-16,20,26,28-30,39H,5,17-19,21-22H2,1-4H3/t26-,28+,29+,30?,34-,35+/m1/s1. The Balaban J connectivity index is 1.51. The number of nitrogens with zero attached hydrogens (tertiary/aromatic N) is 3. The van der Waals surface area contributed by atoms with Crippen LogP contribution in [-0.2, 0) is 25.5 Å². The molecular weight excluding hydrogens is 542 g/mol. The van der Waals surface area contributed by atoms with Crippen molar-refractivity contribution in [3.8, 4) is 0 Å². The summed E-state index contributed by atoms with van der Waals surface area (Å²) in [7, 11) is 0. The molecular formula is C35H41N3O5. The van der Waals surface area contributed by atoms with Crippen LogP contribution < -0.4 is 4.90 Å². The van der Waals surface area contributed by atoms with E-state index in [-0.39, 0.29) is 24.3 Å². The highest BCUT2D eigenvalue weighted by Crippen LogP contribution is 2.58. The molecule has 4 heterocycles. The third-order valence-electron chi connectivity index (χ3n) is 9.65. The maximum absolute atomic E-state index is 14.9. The molecule has 0 bridgehead atoms. The molecule has 226 valence electrons. The number of benzene rings is 2. The van der Waals surface area contributed by atoms with Gasteiger partial charge >= 0.3 is 0 Å². The third kappa shape index (κ3) is 4.62. The predicted molar refractivity (Wildman–Crippen MR) is 164 cm³/mol. The van der Waals surface area contributed by atoms with E-state index < -0.39 is 35.1 Å². The summed E-state index contributed by atoms with van der Waals surface area (Å²) < 4.78 is 6.97. The molecule has 1 N–H and O–H groups in total. The van der Waals surface area contributed by atoms with Crippen molar-refractivity contribution in [2.45, 2.75) is 63.8 Å². The van der Waals surface area contributed by atoms with Crippen LogP contribution in [0, 0.1) is 25.7 Å². The van der Waals surface area contributed by atoms with Crippen molar-refractivity contribution in [2.24, 2.45) is 11.8 Å². The normalized spacial score (nSPS) is 30.7. The summed E-state index contributed by atoms with van der Waals surface area (Å²) in [5.74, 6) is -2.46. The first-order valence-electron chi connectivity index (χ1n) is 15.3. The second-order valence-electron chi connectivity index (χ2n) is 12.6. The first kappa shape index (κ1) is 29.3. The molecule has 6 rings (SSSR count). The molecule has 1 spiro atoms. The Kier molecular flexibility index (Phi) is 7.55. The Bertz CT molecular complexity index is 1490. The fourth-order valence-electron chi connectivity index (χ4n) is 7.74. The van der Waals surface area contributed by atoms with Gasteiger partial charge in [-0.15, -0.1) is 0 Å². The molecule has 1 unspecified atom stereocenters. The molecule has 3 amide bonds. The second kappa shape index (κ2) is 11.1. The van der Waals surface area contributed by atoms with Crippen LogP contribution in [0.3, 0.4) is 0 Å². The topological polar surface area (TPSA) is 90.4 Å². The Hall–Kier alpha value is -3.75. The summed E-state index contributed by atoms with van der Waals surface area (Å²) in [6.07, 6.45) is 8.77. The molecule has 0 saturated carbocycles. The van der Waals surface area contributed by atoms with Crippen molar-refractivity contribution in [3.05, 3.63) is 89.5 Å². The molecule has 8 nitrogen and oxygen atoms in total. The Morgan fingerprint density at radius 2 is 1.70 bits per heavy atom. The van der Waals surface area contributed by atoms with Crippen LogP contribution in [0.25, 0.3) is 0 Å². The van der Waals surface area contributed by atoms with E-state index in [0.717, 1.165) is 28.8 Å². The number of anilines is 1. The van der Waals surface area contributed by atoms with Crippen LogP contribution in [0.4, 0.5) is 5.69 Å². The van der Waals surface area contributed by atoms with Gasteiger partial charge in [0.15, 0.2) is 0 Å². The first-order valence-corrected chi connectivity index (χ1v) is 15.3. The van der Waals surface area contributed by atoms with Crippen LogP contribution >= 0.6 is 0 Å². The monoisotopic (exact) mass is 583 g/mol. The van der Waals surface area contributed by atoms with Crippen molar-refractivity contribution in [1.82, 2.24) is 9.80 Å². The van der Waals surface area contributed by atoms with Gasteiger partial charge in [0.25, 0.3) is 5.91 Å². The van der Waals surface area contributed by atoms with Crippen LogP contribution in [0.15, 0.2) is 72.8 Å². The van der Waals surface area contributed by atoms with Gasteiger partial charge in [-0.3, -0.25) is 14.4 Å². The smallest absolute Gasteiger partial charge is 0.253 e. The summed E-state index contributed by atoms with van der Waals surface area (Å²) >= 11 is 0. The highest BCUT2D eigenvalue weighted by atomic mass is 16.5. The number of likely N-dealkylation sites (tertiary alicyclic amines) is 1. The number of carbonyl (C=O) groups is 3. The van der Waals surface area contributed by atoms with Crippen LogP contribution in [-0.4, -0.2) is 82.2 Å². The number of fused-ring (bicyclic) bond motifs is 2. The zero-order valence-corrected chi connectivity index (χ0v) is 25.4. The fraction of sp³-hybridized carbons (Fsp3) is 0.457. The summed E-state index contributed by atoms with van der Waals surface area (Å²) in [5, 5.41) is 10.8. The van der Waals surface area contributed by atoms with Crippen molar-refractivity contribution in [3.63, 3.8) is 0 Å². The molecule has 43 heavy (non-hydrogen) atoms. The average molecular weight is 584 g/mol. The van der Waals surface area contributed by atoms with Gasteiger partial charge in [-0.25, -0.2) is 0 Å². The van der Waals surface area contributed by atoms with Crippen LogP contribution in [0.1, 0.15) is 37.0 Å². The van der Waals surface area contributed by atoms with Gasteiger partial charge in [-0.1, -0.05) is 73.7 Å². The molecule has 4 aliphatic heterocycles. The number of carbonyl (C=O) groups excluding carboxylic acids is 3. The van der Waals surface area contributed by atoms with Crippen molar-refractivity contribution in [2.75, 3.05) is 31.1 Å². The number of hydrogen-bond donors (Lipinski definition) is 1. The molecule has 0 aliphatic carbocycles. The molecule has 4 aliphatic rings. The van der Waals surface area contributed by atoms with Gasteiger partial charge < -0.3 is 24.5 Å². The highest BCUT2D eigenvalue weighted by molar-refractivity contribution is 6.06. The number of amides is 3. The second-order valence-corrected chi connectivity index (χ2v) is 12.6. The zero-order valence-electron chi connectivity index (χ0n) is 25.4. The highest BCUT2D eigenvalue weighted by Gasteiger charge is 2.75. The van der Waals surface area contributed by atoms with E-state index >= 15 is 0 Å². The summed E-state index contributed by atoms with van der Waals surface area (Å²) in [5.41, 5.74) is 1.23. The predicted octanol–water partition coefficient (Wildman–Crippen LogP) is 3.59. The van der Waals surface area contributed by atoms with E-state index in [1.165, 1.54) is 0 Å². The number of aliphatic hydroxyl groups is 1. The largest absolute Gasteiger partial charge is 0.394 e. The lowest BCUT2D eigenvalue weighted by atomic mass is 9.74. The lowest BCUT2D eigenvalue weighted by Gasteiger charge is -2.40. The Morgan fingerprint density at radius 3 is 2.42 bits per heavy atom. The maximum Gasteiger partial charge on any atom is 0.253 e. The minimum absolute atomic E-state index is 0.134. The Labute approximate surface area is 253 Å². The van der Waals surface area contributed by atoms with Crippen molar-refractivity contribution >= 4 is 23.4 Å². The van der Waals surface area contributed by atoms with E-state index in [9.17, 15) is 19.5 Å². The minimum Gasteiger partial charge on any atom is -0.394 e. The summed E-state index contributed by atoms with van der Waals surface area (Å²) in [6.45, 7) is 8.83. The zero-order chi connectivity index (χ0) is 30.5. The molecule has 2 fully saturated rings. The number of hydrogen-bond acceptors (Lipinski definition) is 5. The van der Waals surface area contributed by atoms with Crippen molar-refractivity contribution < 1.29 is 24.2 Å². The quantitative estimate of drug-likeness (QED) is 0.504. The minimum atomic E-state index is -1.38. The van der Waals surface area contributed by atoms with Gasteiger partial charge in [0.1, 0.15) is 11.6 Å². The number of aryl methyl sites for hydroxylation is 2. The van der Waals surface area contributed by atoms with E-state index in [1.807, 2.05) is 101 Å². The lowest BCUT2D eigenvalue weighted by Crippen LogP contribution is -2.59. The number of rotatable bonds is 7. The molecule has 8 heteroatoms. The van der Waals surface area contributed by atoms with Gasteiger partial charge in [0.05, 0.1) is 30.1 Å². The van der Waals surface area contributed by atoms with E-state index in [1.54, 1.807) is 14.7 Å². The number of ether oxygens (including phenoxy) is 1. The first-order chi connectivity index (χ1) is 20.6. The molecule has 0 aromatic heterocycles. The van der Waals surface area contributed by atoms with E-state index in [0.29, 0.717) is 26.1 Å². The molecule has 0 radical (unpaired) electrons. The van der Waals surface area contributed by atoms with Crippen LogP contribution in [0.5, 0.6) is 0 Å².